The zero-order valence-electron chi connectivity index (χ0n) is 14.3. The third-order valence-corrected chi connectivity index (χ3v) is 3.60. The van der Waals surface area contributed by atoms with Crippen LogP contribution in [-0.4, -0.2) is 30.4 Å². The van der Waals surface area contributed by atoms with Crippen molar-refractivity contribution in [3.05, 3.63) is 59.1 Å². The highest BCUT2D eigenvalue weighted by Gasteiger charge is 2.18. The van der Waals surface area contributed by atoms with Gasteiger partial charge in [0, 0.05) is 16.3 Å². The van der Waals surface area contributed by atoms with Gasteiger partial charge in [0.1, 0.15) is 5.75 Å². The van der Waals surface area contributed by atoms with Gasteiger partial charge < -0.3 is 14.8 Å². The van der Waals surface area contributed by atoms with E-state index in [-0.39, 0.29) is 12.4 Å². The predicted molar refractivity (Wildman–Crippen MR) is 97.6 cm³/mol. The number of halogens is 1. The van der Waals surface area contributed by atoms with Crippen molar-refractivity contribution in [1.29, 1.82) is 0 Å². The molecule has 0 spiro atoms. The largest absolute Gasteiger partial charge is 0.482 e. The molecule has 0 aromatic heterocycles. The summed E-state index contributed by atoms with van der Waals surface area (Å²) in [6.45, 7) is 2.53. The fraction of sp³-hybridized carbons (Fsp3) is 0.211. The number of benzene rings is 2. The van der Waals surface area contributed by atoms with E-state index in [1.54, 1.807) is 48.5 Å². The first-order valence-corrected chi connectivity index (χ1v) is 8.22. The number of carbonyl (C=O) groups is 3. The van der Waals surface area contributed by atoms with Crippen LogP contribution in [-0.2, 0) is 14.3 Å². The smallest absolute Gasteiger partial charge is 0.344 e. The Hall–Kier alpha value is -2.86. The summed E-state index contributed by atoms with van der Waals surface area (Å²) in [6, 6.07) is 13.1. The van der Waals surface area contributed by atoms with Crippen molar-refractivity contribution in [2.45, 2.75) is 20.0 Å². The molecule has 2 aromatic carbocycles. The maximum absolute atomic E-state index is 12.1. The SMILES string of the molecule is CC(=O)c1cccc(NC(=O)[C@@H](C)OC(=O)COc2cccc(Cl)c2)c1. The molecule has 1 atom stereocenters. The Bertz CT molecular complexity index is 821. The zero-order valence-corrected chi connectivity index (χ0v) is 15.1. The Labute approximate surface area is 156 Å². The number of hydrogen-bond donors (Lipinski definition) is 1. The monoisotopic (exact) mass is 375 g/mol. The molecule has 0 radical (unpaired) electrons. The average molecular weight is 376 g/mol. The summed E-state index contributed by atoms with van der Waals surface area (Å²) in [6.07, 6.45) is -1.02. The van der Waals surface area contributed by atoms with E-state index in [0.717, 1.165) is 0 Å². The number of ketones is 1. The van der Waals surface area contributed by atoms with Gasteiger partial charge in [-0.05, 0) is 44.2 Å². The lowest BCUT2D eigenvalue weighted by Gasteiger charge is -2.14. The van der Waals surface area contributed by atoms with Gasteiger partial charge in [-0.1, -0.05) is 29.8 Å². The van der Waals surface area contributed by atoms with Crippen LogP contribution in [0.15, 0.2) is 48.5 Å². The maximum Gasteiger partial charge on any atom is 0.344 e. The third kappa shape index (κ3) is 5.89. The molecule has 26 heavy (non-hydrogen) atoms. The molecule has 0 heterocycles. The lowest BCUT2D eigenvalue weighted by molar-refractivity contribution is -0.155. The second-order valence-electron chi connectivity index (χ2n) is 5.50. The molecule has 0 fully saturated rings. The van der Waals surface area contributed by atoms with Gasteiger partial charge in [0.05, 0.1) is 0 Å². The molecule has 0 aliphatic heterocycles. The molecule has 1 N–H and O–H groups in total. The third-order valence-electron chi connectivity index (χ3n) is 3.37. The van der Waals surface area contributed by atoms with E-state index in [2.05, 4.69) is 5.32 Å². The highest BCUT2D eigenvalue weighted by atomic mass is 35.5. The molecule has 0 bridgehead atoms. The number of carbonyl (C=O) groups excluding carboxylic acids is 3. The first-order chi connectivity index (χ1) is 12.3. The Morgan fingerprint density at radius 2 is 1.85 bits per heavy atom. The number of Topliss-reactive ketones (excluding diaryl/α,β-unsaturated/α-hetero) is 1. The summed E-state index contributed by atoms with van der Waals surface area (Å²) in [5.74, 6) is -0.890. The first-order valence-electron chi connectivity index (χ1n) is 7.85. The van der Waals surface area contributed by atoms with Gasteiger partial charge >= 0.3 is 5.97 Å². The minimum absolute atomic E-state index is 0.112. The fourth-order valence-electron chi connectivity index (χ4n) is 2.04. The molecule has 0 unspecified atom stereocenters. The van der Waals surface area contributed by atoms with Crippen molar-refractivity contribution in [3.8, 4) is 5.75 Å². The minimum atomic E-state index is -1.02. The molecule has 0 aliphatic carbocycles. The Morgan fingerprint density at radius 3 is 2.54 bits per heavy atom. The molecule has 2 rings (SSSR count). The molecule has 6 nitrogen and oxygen atoms in total. The van der Waals surface area contributed by atoms with E-state index >= 15 is 0 Å². The van der Waals surface area contributed by atoms with Crippen molar-refractivity contribution < 1.29 is 23.9 Å². The standard InChI is InChI=1S/C19H18ClNO5/c1-12(22)14-5-3-7-16(9-14)21-19(24)13(2)26-18(23)11-25-17-8-4-6-15(20)10-17/h3-10,13H,11H2,1-2H3,(H,21,24)/t13-/m1/s1. The van der Waals surface area contributed by atoms with Gasteiger partial charge in [-0.15, -0.1) is 0 Å². The topological polar surface area (TPSA) is 81.7 Å². The Kier molecular flexibility index (Phi) is 6.74. The Balaban J connectivity index is 1.85. The quantitative estimate of drug-likeness (QED) is 0.591. The molecule has 0 saturated carbocycles. The zero-order chi connectivity index (χ0) is 19.1. The Morgan fingerprint density at radius 1 is 1.12 bits per heavy atom. The first kappa shape index (κ1) is 19.5. The van der Waals surface area contributed by atoms with Crippen molar-refractivity contribution in [2.24, 2.45) is 0 Å². The summed E-state index contributed by atoms with van der Waals surface area (Å²) < 4.78 is 10.3. The normalized spacial score (nSPS) is 11.3. The van der Waals surface area contributed by atoms with Crippen LogP contribution in [0.3, 0.4) is 0 Å². The van der Waals surface area contributed by atoms with Crippen LogP contribution < -0.4 is 10.1 Å². The number of hydrogen-bond acceptors (Lipinski definition) is 5. The summed E-state index contributed by atoms with van der Waals surface area (Å²) in [7, 11) is 0. The van der Waals surface area contributed by atoms with Crippen molar-refractivity contribution in [1.82, 2.24) is 0 Å². The molecule has 7 heteroatoms. The number of ether oxygens (including phenoxy) is 2. The van der Waals surface area contributed by atoms with E-state index in [1.165, 1.54) is 13.8 Å². The number of rotatable bonds is 7. The maximum atomic E-state index is 12.1. The average Bonchev–Trinajstić information content (AvgIpc) is 2.60. The van der Waals surface area contributed by atoms with E-state index in [1.807, 2.05) is 0 Å². The summed E-state index contributed by atoms with van der Waals surface area (Å²) in [4.78, 5) is 35.3. The van der Waals surface area contributed by atoms with Crippen LogP contribution in [0.2, 0.25) is 5.02 Å². The van der Waals surface area contributed by atoms with E-state index in [4.69, 9.17) is 21.1 Å². The van der Waals surface area contributed by atoms with Crippen LogP contribution in [0.5, 0.6) is 5.75 Å². The van der Waals surface area contributed by atoms with Crippen molar-refractivity contribution in [3.63, 3.8) is 0 Å². The minimum Gasteiger partial charge on any atom is -0.482 e. The lowest BCUT2D eigenvalue weighted by atomic mass is 10.1. The van der Waals surface area contributed by atoms with Gasteiger partial charge in [-0.3, -0.25) is 9.59 Å². The van der Waals surface area contributed by atoms with Gasteiger partial charge in [-0.2, -0.15) is 0 Å². The highest BCUT2D eigenvalue weighted by Crippen LogP contribution is 2.17. The van der Waals surface area contributed by atoms with E-state index in [0.29, 0.717) is 22.0 Å². The molecular weight excluding hydrogens is 358 g/mol. The summed E-state index contributed by atoms with van der Waals surface area (Å²) in [5, 5.41) is 3.08. The van der Waals surface area contributed by atoms with Crippen LogP contribution in [0, 0.1) is 0 Å². The molecule has 136 valence electrons. The van der Waals surface area contributed by atoms with Gasteiger partial charge in [0.15, 0.2) is 18.5 Å². The fourth-order valence-corrected chi connectivity index (χ4v) is 2.22. The number of amides is 1. The van der Waals surface area contributed by atoms with Crippen LogP contribution >= 0.6 is 11.6 Å². The predicted octanol–water partition coefficient (Wildman–Crippen LogP) is 3.49. The molecule has 1 amide bonds. The summed E-state index contributed by atoms with van der Waals surface area (Å²) in [5.41, 5.74) is 0.920. The van der Waals surface area contributed by atoms with Crippen LogP contribution in [0.4, 0.5) is 5.69 Å². The molecule has 2 aromatic rings. The van der Waals surface area contributed by atoms with Crippen LogP contribution in [0.25, 0.3) is 0 Å². The second kappa shape index (κ2) is 9.01. The number of nitrogens with one attached hydrogen (secondary N) is 1. The van der Waals surface area contributed by atoms with Crippen LogP contribution in [0.1, 0.15) is 24.2 Å². The van der Waals surface area contributed by atoms with Gasteiger partial charge in [-0.25, -0.2) is 4.79 Å². The second-order valence-corrected chi connectivity index (χ2v) is 5.94. The molecule has 0 aliphatic rings. The van der Waals surface area contributed by atoms with Gasteiger partial charge in [0.2, 0.25) is 0 Å². The number of anilines is 1. The van der Waals surface area contributed by atoms with Crippen molar-refractivity contribution >= 4 is 34.9 Å². The highest BCUT2D eigenvalue weighted by molar-refractivity contribution is 6.30. The van der Waals surface area contributed by atoms with Gasteiger partial charge in [0.25, 0.3) is 5.91 Å². The summed E-state index contributed by atoms with van der Waals surface area (Å²) >= 11 is 5.82. The van der Waals surface area contributed by atoms with E-state index < -0.39 is 18.0 Å². The lowest BCUT2D eigenvalue weighted by Crippen LogP contribution is -2.31. The molecular formula is C19H18ClNO5. The number of esters is 1. The van der Waals surface area contributed by atoms with Crippen molar-refractivity contribution in [2.75, 3.05) is 11.9 Å². The van der Waals surface area contributed by atoms with E-state index in [9.17, 15) is 14.4 Å². The molecule has 0 saturated heterocycles.